The maximum Gasteiger partial charge on any atom is 0.435 e. The second kappa shape index (κ2) is 17.8. The minimum Gasteiger partial charge on any atom is -0.346 e. The summed E-state index contributed by atoms with van der Waals surface area (Å²) in [6.45, 7) is 2.66. The number of anilines is 1. The van der Waals surface area contributed by atoms with E-state index in [9.17, 15) is 52.4 Å². The molecule has 0 radical (unpaired) electrons. The molecular formula is C45H43ClF9N7O5S2. The van der Waals surface area contributed by atoms with Gasteiger partial charge in [-0.3, -0.25) is 18.9 Å². The predicted octanol–water partition coefficient (Wildman–Crippen LogP) is 9.31. The predicted molar refractivity (Wildman–Crippen MR) is 237 cm³/mol. The molecule has 2 saturated carbocycles. The first kappa shape index (κ1) is 50.1. The third kappa shape index (κ3) is 10.0. The van der Waals surface area contributed by atoms with Crippen LogP contribution in [0.3, 0.4) is 0 Å². The molecule has 3 aromatic heterocycles. The Hall–Kier alpha value is -5.34. The van der Waals surface area contributed by atoms with E-state index in [1.165, 1.54) is 45.0 Å². The van der Waals surface area contributed by atoms with Crippen molar-refractivity contribution in [3.63, 3.8) is 0 Å². The molecule has 2 N–H and O–H groups in total. The number of nitrogens with one attached hydrogen (secondary N) is 2. The number of amides is 1. The van der Waals surface area contributed by atoms with Gasteiger partial charge in [0, 0.05) is 28.7 Å². The van der Waals surface area contributed by atoms with Gasteiger partial charge in [0.2, 0.25) is 15.9 Å². The van der Waals surface area contributed by atoms with Crippen LogP contribution in [0.15, 0.2) is 42.5 Å². The summed E-state index contributed by atoms with van der Waals surface area (Å²) in [7, 11) is -7.89. The molecule has 0 saturated heterocycles. The number of halogens is 10. The zero-order valence-electron chi connectivity index (χ0n) is 37.0. The van der Waals surface area contributed by atoms with Gasteiger partial charge in [-0.05, 0) is 99.6 Å². The van der Waals surface area contributed by atoms with E-state index in [2.05, 4.69) is 37.1 Å². The summed E-state index contributed by atoms with van der Waals surface area (Å²) in [6, 6.07) is 6.01. The van der Waals surface area contributed by atoms with Crippen LogP contribution >= 0.6 is 11.6 Å². The number of carbonyl (C=O) groups is 1. The molecule has 24 heteroatoms. The van der Waals surface area contributed by atoms with E-state index >= 15 is 8.78 Å². The van der Waals surface area contributed by atoms with Crippen molar-refractivity contribution in [3.8, 4) is 23.0 Å². The molecule has 3 atom stereocenters. The number of alkyl halides is 7. The Morgan fingerprint density at radius 1 is 0.942 bits per heavy atom. The number of pyridine rings is 1. The molecule has 5 aromatic rings. The maximum absolute atomic E-state index is 15.8. The number of sulfone groups is 1. The second-order valence-corrected chi connectivity index (χ2v) is 23.2. The maximum atomic E-state index is 15.8. The van der Waals surface area contributed by atoms with Crippen LogP contribution in [0, 0.1) is 35.3 Å². The molecule has 0 spiro atoms. The summed E-state index contributed by atoms with van der Waals surface area (Å²) < 4.78 is 188. The van der Waals surface area contributed by atoms with Gasteiger partial charge < -0.3 is 5.32 Å². The van der Waals surface area contributed by atoms with Crippen LogP contribution in [-0.4, -0.2) is 69.5 Å². The Labute approximate surface area is 395 Å². The molecule has 3 aliphatic carbocycles. The molecule has 0 unspecified atom stereocenters. The fraction of sp³-hybridized carbons (Fsp3) is 0.467. The number of carbonyl (C=O) groups excluding carboxylic acids is 1. The first-order valence-electron chi connectivity index (χ1n) is 21.6. The van der Waals surface area contributed by atoms with E-state index in [0.29, 0.717) is 31.7 Å². The number of hydrogen-bond donors (Lipinski definition) is 2. The monoisotopic (exact) mass is 1030 g/mol. The molecule has 8 rings (SSSR count). The van der Waals surface area contributed by atoms with Crippen LogP contribution in [0.1, 0.15) is 99.2 Å². The lowest BCUT2D eigenvalue weighted by molar-refractivity contribution is -0.143. The van der Waals surface area contributed by atoms with Crippen LogP contribution in [0.2, 0.25) is 5.02 Å². The number of benzene rings is 2. The molecule has 2 aromatic carbocycles. The highest BCUT2D eigenvalue weighted by molar-refractivity contribution is 7.94. The Kier molecular flexibility index (Phi) is 12.9. The molecular weight excluding hydrogens is 989 g/mol. The summed E-state index contributed by atoms with van der Waals surface area (Å²) in [5.41, 5.74) is -4.34. The average Bonchev–Trinajstić information content (AvgIpc) is 4.17. The van der Waals surface area contributed by atoms with Gasteiger partial charge in [-0.2, -0.15) is 32.1 Å². The van der Waals surface area contributed by atoms with E-state index in [0.717, 1.165) is 23.7 Å². The topological polar surface area (TPSA) is 158 Å². The van der Waals surface area contributed by atoms with Crippen molar-refractivity contribution in [2.24, 2.45) is 11.8 Å². The summed E-state index contributed by atoms with van der Waals surface area (Å²) >= 11 is 6.67. The lowest BCUT2D eigenvalue weighted by Gasteiger charge is -2.24. The fourth-order valence-corrected chi connectivity index (χ4v) is 12.2. The van der Waals surface area contributed by atoms with Gasteiger partial charge in [0.1, 0.15) is 40.9 Å². The van der Waals surface area contributed by atoms with Gasteiger partial charge in [0.15, 0.2) is 21.3 Å². The largest absolute Gasteiger partial charge is 0.435 e. The number of hydrogen-bond acceptors (Lipinski definition) is 8. The summed E-state index contributed by atoms with van der Waals surface area (Å²) in [4.78, 5) is 18.9. The van der Waals surface area contributed by atoms with Crippen LogP contribution in [-0.2, 0) is 56.3 Å². The normalized spacial score (nSPS) is 18.8. The van der Waals surface area contributed by atoms with E-state index < -0.39 is 126 Å². The Morgan fingerprint density at radius 3 is 2.20 bits per heavy atom. The van der Waals surface area contributed by atoms with Crippen molar-refractivity contribution >= 4 is 54.1 Å². The van der Waals surface area contributed by atoms with Crippen molar-refractivity contribution in [2.75, 3.05) is 10.5 Å². The van der Waals surface area contributed by atoms with E-state index in [-0.39, 0.29) is 60.4 Å². The van der Waals surface area contributed by atoms with Crippen LogP contribution in [0.5, 0.6) is 0 Å². The lowest BCUT2D eigenvalue weighted by Crippen LogP contribution is -2.35. The van der Waals surface area contributed by atoms with E-state index in [1.807, 2.05) is 0 Å². The molecule has 0 bridgehead atoms. The second-order valence-electron chi connectivity index (χ2n) is 18.3. The smallest absolute Gasteiger partial charge is 0.346 e. The Balaban J connectivity index is 1.32. The number of sulfonamides is 1. The average molecular weight is 1030 g/mol. The first-order valence-corrected chi connectivity index (χ1v) is 25.2. The Bertz CT molecular complexity index is 3160. The molecule has 3 aliphatic rings. The highest BCUT2D eigenvalue weighted by Crippen LogP contribution is 2.55. The summed E-state index contributed by atoms with van der Waals surface area (Å²) in [6.07, 6.45) is -6.68. The molecule has 1 amide bonds. The van der Waals surface area contributed by atoms with Crippen molar-refractivity contribution < 1.29 is 61.1 Å². The highest BCUT2D eigenvalue weighted by atomic mass is 35.5. The van der Waals surface area contributed by atoms with Gasteiger partial charge in [-0.25, -0.2) is 39.4 Å². The SMILES string of the molecule is C[C@@H]1c2c(C(F)(F)F)nn(CC(=O)N[C@@H](Cc3cc(F)cc(F)c3)c3nc(C#CC(C)(C)S(=O)(=O)C4CC4)ccc3-c3ccc(Cl)c4c(NS(=O)(=O)CC5CC5)nn(CC(F)F)c34)c2C(F)(F)[C@@H]1C. The minimum atomic E-state index is -5.20. The molecule has 0 aliphatic heterocycles. The molecule has 69 heavy (non-hydrogen) atoms. The quantitative estimate of drug-likeness (QED) is 0.0776. The molecule has 2 fully saturated rings. The van der Waals surface area contributed by atoms with Gasteiger partial charge >= 0.3 is 6.18 Å². The van der Waals surface area contributed by atoms with Crippen LogP contribution < -0.4 is 10.0 Å². The zero-order valence-corrected chi connectivity index (χ0v) is 39.4. The molecule has 3 heterocycles. The third-order valence-electron chi connectivity index (χ3n) is 12.6. The zero-order chi connectivity index (χ0) is 50.3. The van der Waals surface area contributed by atoms with Gasteiger partial charge in [-0.15, -0.1) is 0 Å². The Morgan fingerprint density at radius 2 is 1.59 bits per heavy atom. The highest BCUT2D eigenvalue weighted by Gasteiger charge is 2.57. The number of aromatic nitrogens is 5. The minimum absolute atomic E-state index is 0.0270. The van der Waals surface area contributed by atoms with Crippen molar-refractivity contribution in [2.45, 2.75) is 113 Å². The van der Waals surface area contributed by atoms with E-state index in [1.54, 1.807) is 0 Å². The van der Waals surface area contributed by atoms with Crippen LogP contribution in [0.25, 0.3) is 22.0 Å². The number of fused-ring (bicyclic) bond motifs is 2. The van der Waals surface area contributed by atoms with Gasteiger partial charge in [0.25, 0.3) is 12.3 Å². The van der Waals surface area contributed by atoms with E-state index in [4.69, 9.17) is 11.6 Å². The molecule has 12 nitrogen and oxygen atoms in total. The molecule has 370 valence electrons. The first-order chi connectivity index (χ1) is 32.1. The fourth-order valence-electron chi connectivity index (χ4n) is 8.65. The lowest BCUT2D eigenvalue weighted by atomic mass is 9.93. The number of nitrogens with zero attached hydrogens (tertiary/aromatic N) is 5. The van der Waals surface area contributed by atoms with Crippen molar-refractivity contribution in [1.82, 2.24) is 29.9 Å². The van der Waals surface area contributed by atoms with Crippen LogP contribution in [0.4, 0.5) is 45.3 Å². The van der Waals surface area contributed by atoms with Gasteiger partial charge in [0.05, 0.1) is 38.7 Å². The van der Waals surface area contributed by atoms with Gasteiger partial charge in [-0.1, -0.05) is 37.4 Å². The third-order valence-corrected chi connectivity index (χ3v) is 17.2. The summed E-state index contributed by atoms with van der Waals surface area (Å²) in [5.74, 6) is -5.58. The standard InChI is InChI=1S/C45H43ClF9N7O5S2/c1-22-23(2)44(51,52)41-36(22)40(45(53,54)55)58-62(41)20-35(63)57-33(17-25-15-26(47)18-27(48)16-25)38-30(10-7-28(56-38)13-14-43(3,4)69(66,67)29-8-9-29)31-11-12-32(46)37-39(31)61(19-34(49)50)59-42(37)60-68(64,65)21-24-5-6-24/h7,10-12,15-16,18,22-24,29,33-34H,5-6,8-9,17,19-21H2,1-4H3,(H,57,63)(H,59,60)/t22-,23+,33-/m0/s1. The summed E-state index contributed by atoms with van der Waals surface area (Å²) in [5, 5.41) is 9.27. The number of rotatable bonds is 15. The van der Waals surface area contributed by atoms with Crippen molar-refractivity contribution in [1.29, 1.82) is 0 Å². The van der Waals surface area contributed by atoms with Crippen molar-refractivity contribution in [3.05, 3.63) is 93.0 Å².